The summed E-state index contributed by atoms with van der Waals surface area (Å²) < 4.78 is 12.1. The maximum absolute atomic E-state index is 5.22. The molecule has 2 aromatic rings. The van der Waals surface area contributed by atoms with Crippen LogP contribution in [0.5, 0.6) is 0 Å². The van der Waals surface area contributed by atoms with Crippen LogP contribution in [-0.2, 0) is 17.7 Å². The van der Waals surface area contributed by atoms with Gasteiger partial charge in [0.1, 0.15) is 0 Å². The summed E-state index contributed by atoms with van der Waals surface area (Å²) in [7, 11) is 1.65. The fourth-order valence-corrected chi connectivity index (χ4v) is 2.77. The maximum Gasteiger partial charge on any atom is 0.280 e. The van der Waals surface area contributed by atoms with Gasteiger partial charge >= 0.3 is 0 Å². The molecule has 2 aromatic heterocycles. The van der Waals surface area contributed by atoms with Crippen LogP contribution in [-0.4, -0.2) is 38.9 Å². The third-order valence-electron chi connectivity index (χ3n) is 3.93. The first-order valence-electron chi connectivity index (χ1n) is 7.57. The summed E-state index contributed by atoms with van der Waals surface area (Å²) in [6, 6.07) is 0. The summed E-state index contributed by atoms with van der Waals surface area (Å²) in [5, 5.41) is 12.2. The molecule has 0 aromatic carbocycles. The van der Waals surface area contributed by atoms with Crippen molar-refractivity contribution in [2.75, 3.05) is 13.7 Å². The molecule has 0 N–H and O–H groups in total. The Bertz CT molecular complexity index is 559. The van der Waals surface area contributed by atoms with Crippen LogP contribution in [0.15, 0.2) is 10.7 Å². The molecule has 0 bridgehead atoms. The standard InChI is InChI=1S/C14H21N5O2/c1-20-8-7-13-15-14(21-17-13)12-10-19(18-16-12)9-11-5-3-2-4-6-11/h10-11H,2-9H2,1H3. The van der Waals surface area contributed by atoms with Gasteiger partial charge in [-0.05, 0) is 18.8 Å². The monoisotopic (exact) mass is 291 g/mol. The highest BCUT2D eigenvalue weighted by Gasteiger charge is 2.17. The van der Waals surface area contributed by atoms with Crippen molar-refractivity contribution in [3.05, 3.63) is 12.0 Å². The minimum atomic E-state index is 0.427. The molecule has 21 heavy (non-hydrogen) atoms. The quantitative estimate of drug-likeness (QED) is 0.811. The molecule has 0 amide bonds. The molecule has 1 aliphatic carbocycles. The number of rotatable bonds is 6. The SMILES string of the molecule is COCCc1noc(-c2cn(CC3CCCCC3)nn2)n1. The number of aromatic nitrogens is 5. The van der Waals surface area contributed by atoms with Crippen LogP contribution in [0, 0.1) is 5.92 Å². The van der Waals surface area contributed by atoms with Crippen molar-refractivity contribution in [2.45, 2.75) is 45.1 Å². The molecule has 1 aliphatic rings. The lowest BCUT2D eigenvalue weighted by molar-refractivity contribution is 0.199. The fourth-order valence-electron chi connectivity index (χ4n) is 2.77. The molecule has 0 saturated heterocycles. The Balaban J connectivity index is 1.62. The lowest BCUT2D eigenvalue weighted by atomic mass is 9.89. The van der Waals surface area contributed by atoms with Crippen molar-refractivity contribution < 1.29 is 9.26 Å². The van der Waals surface area contributed by atoms with Crippen molar-refractivity contribution in [1.29, 1.82) is 0 Å². The highest BCUT2D eigenvalue weighted by atomic mass is 16.5. The Morgan fingerprint density at radius 1 is 1.33 bits per heavy atom. The van der Waals surface area contributed by atoms with Gasteiger partial charge in [0.15, 0.2) is 11.5 Å². The Kier molecular flexibility index (Phi) is 4.59. The Morgan fingerprint density at radius 3 is 3.00 bits per heavy atom. The van der Waals surface area contributed by atoms with Crippen LogP contribution >= 0.6 is 0 Å². The Morgan fingerprint density at radius 2 is 2.19 bits per heavy atom. The zero-order valence-electron chi connectivity index (χ0n) is 12.4. The predicted molar refractivity (Wildman–Crippen MR) is 75.5 cm³/mol. The lowest BCUT2D eigenvalue weighted by Gasteiger charge is -2.20. The normalized spacial score (nSPS) is 16.4. The van der Waals surface area contributed by atoms with E-state index in [9.17, 15) is 0 Å². The smallest absolute Gasteiger partial charge is 0.280 e. The molecule has 114 valence electrons. The molecule has 2 heterocycles. The van der Waals surface area contributed by atoms with Crippen molar-refractivity contribution in [3.8, 4) is 11.6 Å². The summed E-state index contributed by atoms with van der Waals surface area (Å²) in [6.45, 7) is 1.50. The Labute approximate surface area is 123 Å². The second-order valence-corrected chi connectivity index (χ2v) is 5.59. The number of methoxy groups -OCH3 is 1. The van der Waals surface area contributed by atoms with Gasteiger partial charge in [-0.2, -0.15) is 4.98 Å². The third-order valence-corrected chi connectivity index (χ3v) is 3.93. The van der Waals surface area contributed by atoms with Crippen LogP contribution in [0.25, 0.3) is 11.6 Å². The number of hydrogen-bond donors (Lipinski definition) is 0. The van der Waals surface area contributed by atoms with Gasteiger partial charge in [-0.1, -0.05) is 29.6 Å². The van der Waals surface area contributed by atoms with Crippen molar-refractivity contribution in [3.63, 3.8) is 0 Å². The topological polar surface area (TPSA) is 78.9 Å². The molecule has 7 heteroatoms. The Hall–Kier alpha value is -1.76. The van der Waals surface area contributed by atoms with Gasteiger partial charge in [-0.25, -0.2) is 0 Å². The molecule has 0 radical (unpaired) electrons. The van der Waals surface area contributed by atoms with Crippen LogP contribution in [0.2, 0.25) is 0 Å². The molecule has 0 spiro atoms. The first kappa shape index (κ1) is 14.2. The summed E-state index contributed by atoms with van der Waals surface area (Å²) in [5.41, 5.74) is 0.641. The van der Waals surface area contributed by atoms with Gasteiger partial charge in [-0.15, -0.1) is 5.10 Å². The van der Waals surface area contributed by atoms with E-state index >= 15 is 0 Å². The number of nitrogens with zero attached hydrogens (tertiary/aromatic N) is 5. The van der Waals surface area contributed by atoms with Crippen LogP contribution in [0.1, 0.15) is 37.9 Å². The van der Waals surface area contributed by atoms with E-state index in [0.717, 1.165) is 6.54 Å². The van der Waals surface area contributed by atoms with E-state index in [1.165, 1.54) is 32.1 Å². The largest absolute Gasteiger partial charge is 0.384 e. The molecule has 3 rings (SSSR count). The first-order chi connectivity index (χ1) is 10.3. The van der Waals surface area contributed by atoms with E-state index in [0.29, 0.717) is 36.4 Å². The first-order valence-corrected chi connectivity index (χ1v) is 7.57. The summed E-state index contributed by atoms with van der Waals surface area (Å²) >= 11 is 0. The van der Waals surface area contributed by atoms with Crippen molar-refractivity contribution in [2.24, 2.45) is 5.92 Å². The minimum Gasteiger partial charge on any atom is -0.384 e. The summed E-state index contributed by atoms with van der Waals surface area (Å²) in [4.78, 5) is 4.30. The zero-order chi connectivity index (χ0) is 14.5. The molecule has 0 atom stereocenters. The highest BCUT2D eigenvalue weighted by Crippen LogP contribution is 2.25. The molecule has 1 saturated carbocycles. The number of hydrogen-bond acceptors (Lipinski definition) is 6. The molecule has 0 aliphatic heterocycles. The van der Waals surface area contributed by atoms with Gasteiger partial charge in [0.25, 0.3) is 5.89 Å². The van der Waals surface area contributed by atoms with Gasteiger partial charge in [-0.3, -0.25) is 4.68 Å². The minimum absolute atomic E-state index is 0.427. The van der Waals surface area contributed by atoms with E-state index < -0.39 is 0 Å². The maximum atomic E-state index is 5.22. The fraction of sp³-hybridized carbons (Fsp3) is 0.714. The summed E-state index contributed by atoms with van der Waals surface area (Å²) in [5.74, 6) is 1.78. The van der Waals surface area contributed by atoms with Crippen molar-refractivity contribution in [1.82, 2.24) is 25.1 Å². The van der Waals surface area contributed by atoms with Crippen LogP contribution in [0.4, 0.5) is 0 Å². The van der Waals surface area contributed by atoms with E-state index in [4.69, 9.17) is 9.26 Å². The van der Waals surface area contributed by atoms with Gasteiger partial charge < -0.3 is 9.26 Å². The average Bonchev–Trinajstić information content (AvgIpc) is 3.15. The third kappa shape index (κ3) is 3.66. The van der Waals surface area contributed by atoms with Crippen LogP contribution < -0.4 is 0 Å². The van der Waals surface area contributed by atoms with Gasteiger partial charge in [0.05, 0.1) is 12.8 Å². The second-order valence-electron chi connectivity index (χ2n) is 5.59. The van der Waals surface area contributed by atoms with E-state index in [2.05, 4.69) is 20.5 Å². The van der Waals surface area contributed by atoms with Crippen molar-refractivity contribution >= 4 is 0 Å². The second kappa shape index (κ2) is 6.80. The van der Waals surface area contributed by atoms with Crippen LogP contribution in [0.3, 0.4) is 0 Å². The molecule has 1 fully saturated rings. The zero-order valence-corrected chi connectivity index (χ0v) is 12.4. The van der Waals surface area contributed by atoms with E-state index in [1.54, 1.807) is 7.11 Å². The molecule has 7 nitrogen and oxygen atoms in total. The average molecular weight is 291 g/mol. The lowest BCUT2D eigenvalue weighted by Crippen LogP contribution is -2.14. The van der Waals surface area contributed by atoms with E-state index in [1.807, 2.05) is 10.9 Å². The highest BCUT2D eigenvalue weighted by molar-refractivity contribution is 5.43. The molecular weight excluding hydrogens is 270 g/mol. The number of ether oxygens (including phenoxy) is 1. The predicted octanol–water partition coefficient (Wildman–Crippen LogP) is 2.10. The molecular formula is C14H21N5O2. The van der Waals surface area contributed by atoms with E-state index in [-0.39, 0.29) is 0 Å². The summed E-state index contributed by atoms with van der Waals surface area (Å²) in [6.07, 6.45) is 9.13. The van der Waals surface area contributed by atoms with Gasteiger partial charge in [0.2, 0.25) is 0 Å². The van der Waals surface area contributed by atoms with Gasteiger partial charge in [0, 0.05) is 20.1 Å². The molecule has 0 unspecified atom stereocenters.